The molecule has 0 aromatic carbocycles. The molecule has 6 nitrogen and oxygen atoms in total. The first-order valence-electron chi connectivity index (χ1n) is 3.36. The number of rotatable bonds is 2. The number of hydrogen-bond donors (Lipinski definition) is 3. The second-order valence-electron chi connectivity index (χ2n) is 2.49. The molecule has 0 saturated carbocycles. The highest BCUT2D eigenvalue weighted by atomic mass is 16.3. The second kappa shape index (κ2) is 3.54. The van der Waals surface area contributed by atoms with E-state index < -0.39 is 12.2 Å². The smallest absolute Gasteiger partial charge is 0.0965 e. The fraction of sp³-hybridized carbons (Fsp3) is 1.00. The van der Waals surface area contributed by atoms with Gasteiger partial charge in [-0.05, 0) is 5.53 Å². The number of hydrogen-bond acceptors (Lipinski definition) is 4. The van der Waals surface area contributed by atoms with Gasteiger partial charge >= 0.3 is 0 Å². The minimum Gasteiger partial charge on any atom is -0.389 e. The average molecular weight is 158 g/mol. The van der Waals surface area contributed by atoms with E-state index in [1.54, 1.807) is 0 Å². The summed E-state index contributed by atoms with van der Waals surface area (Å²) in [6.45, 7) is 0.529. The normalized spacial score (nSPS) is 36.7. The third-order valence-corrected chi connectivity index (χ3v) is 1.74. The lowest BCUT2D eigenvalue weighted by molar-refractivity contribution is 0.0421. The largest absolute Gasteiger partial charge is 0.389 e. The summed E-state index contributed by atoms with van der Waals surface area (Å²) in [5.74, 6) is 0. The Morgan fingerprint density at radius 1 is 1.64 bits per heavy atom. The Hall–Kier alpha value is -0.810. The molecular formula is C5H10N4O2. The number of β-amino-alcohol motifs (C(OH)–C–C–N with tert-alkyl or cyclic N) is 1. The fourth-order valence-corrected chi connectivity index (χ4v) is 1.08. The van der Waals surface area contributed by atoms with Crippen molar-refractivity contribution in [1.82, 2.24) is 5.32 Å². The molecule has 1 rings (SSSR count). The Bertz CT molecular complexity index is 179. The van der Waals surface area contributed by atoms with Gasteiger partial charge in [0, 0.05) is 24.0 Å². The van der Waals surface area contributed by atoms with E-state index in [9.17, 15) is 5.11 Å². The van der Waals surface area contributed by atoms with Gasteiger partial charge in [0.15, 0.2) is 0 Å². The van der Waals surface area contributed by atoms with Crippen LogP contribution in [-0.2, 0) is 0 Å². The number of azide groups is 1. The monoisotopic (exact) mass is 158 g/mol. The maximum Gasteiger partial charge on any atom is 0.0965 e. The summed E-state index contributed by atoms with van der Waals surface area (Å²) in [6, 6.07) is -0.305. The fourth-order valence-electron chi connectivity index (χ4n) is 1.08. The van der Waals surface area contributed by atoms with Crippen LogP contribution in [0, 0.1) is 0 Å². The van der Waals surface area contributed by atoms with E-state index in [2.05, 4.69) is 15.3 Å². The highest BCUT2D eigenvalue weighted by molar-refractivity contribution is 4.91. The number of aliphatic hydroxyl groups is 2. The zero-order valence-corrected chi connectivity index (χ0v) is 5.88. The molecule has 6 heteroatoms. The van der Waals surface area contributed by atoms with Crippen LogP contribution in [0.4, 0.5) is 0 Å². The van der Waals surface area contributed by atoms with Crippen molar-refractivity contribution in [3.05, 3.63) is 10.4 Å². The van der Waals surface area contributed by atoms with Gasteiger partial charge in [0.05, 0.1) is 12.2 Å². The molecule has 0 radical (unpaired) electrons. The molecule has 62 valence electrons. The van der Waals surface area contributed by atoms with Gasteiger partial charge in [-0.3, -0.25) is 0 Å². The molecule has 0 amide bonds. The van der Waals surface area contributed by atoms with Crippen molar-refractivity contribution < 1.29 is 10.2 Å². The Balaban J connectivity index is 2.41. The van der Waals surface area contributed by atoms with Gasteiger partial charge in [-0.1, -0.05) is 5.11 Å². The topological polar surface area (TPSA) is 101 Å². The van der Waals surface area contributed by atoms with Gasteiger partial charge in [0.25, 0.3) is 0 Å². The maximum atomic E-state index is 9.19. The third kappa shape index (κ3) is 1.81. The molecule has 3 atom stereocenters. The molecule has 1 fully saturated rings. The minimum atomic E-state index is -0.819. The lowest BCUT2D eigenvalue weighted by Crippen LogP contribution is -2.35. The average Bonchev–Trinajstić information content (AvgIpc) is 2.31. The van der Waals surface area contributed by atoms with Crippen LogP contribution >= 0.6 is 0 Å². The Kier molecular flexibility index (Phi) is 2.67. The van der Waals surface area contributed by atoms with Crippen molar-refractivity contribution in [2.75, 3.05) is 13.1 Å². The van der Waals surface area contributed by atoms with E-state index in [-0.39, 0.29) is 12.6 Å². The summed E-state index contributed by atoms with van der Waals surface area (Å²) in [7, 11) is 0. The van der Waals surface area contributed by atoms with Crippen LogP contribution in [0.3, 0.4) is 0 Å². The van der Waals surface area contributed by atoms with Crippen LogP contribution < -0.4 is 5.32 Å². The molecule has 3 N–H and O–H groups in total. The molecule has 11 heavy (non-hydrogen) atoms. The van der Waals surface area contributed by atoms with E-state index in [4.69, 9.17) is 10.6 Å². The quantitative estimate of drug-likeness (QED) is 0.272. The van der Waals surface area contributed by atoms with Crippen LogP contribution in [0.15, 0.2) is 5.11 Å². The van der Waals surface area contributed by atoms with Crippen molar-refractivity contribution in [2.24, 2.45) is 5.11 Å². The summed E-state index contributed by atoms with van der Waals surface area (Å²) in [6.07, 6.45) is -1.56. The molecule has 1 saturated heterocycles. The van der Waals surface area contributed by atoms with E-state index in [0.717, 1.165) is 0 Å². The summed E-state index contributed by atoms with van der Waals surface area (Å²) < 4.78 is 0. The SMILES string of the molecule is [N-]=[N+]=NC[C@@H]1NC[C@@H](O)[C@H]1O. The van der Waals surface area contributed by atoms with Crippen LogP contribution in [0.5, 0.6) is 0 Å². The highest BCUT2D eigenvalue weighted by Gasteiger charge is 2.31. The zero-order valence-electron chi connectivity index (χ0n) is 5.88. The van der Waals surface area contributed by atoms with Crippen LogP contribution in [0.25, 0.3) is 10.4 Å². The molecule has 0 unspecified atom stereocenters. The second-order valence-corrected chi connectivity index (χ2v) is 2.49. The van der Waals surface area contributed by atoms with Crippen molar-refractivity contribution in [1.29, 1.82) is 0 Å². The van der Waals surface area contributed by atoms with Crippen molar-refractivity contribution in [3.8, 4) is 0 Å². The summed E-state index contributed by atoms with van der Waals surface area (Å²) in [4.78, 5) is 2.55. The Labute approximate surface area is 63.5 Å². The van der Waals surface area contributed by atoms with Gasteiger partial charge in [0.1, 0.15) is 0 Å². The summed E-state index contributed by atoms with van der Waals surface area (Å²) in [5.41, 5.74) is 7.97. The first-order chi connectivity index (χ1) is 5.25. The molecule has 1 heterocycles. The summed E-state index contributed by atoms with van der Waals surface area (Å²) in [5, 5.41) is 24.3. The van der Waals surface area contributed by atoms with Crippen molar-refractivity contribution in [2.45, 2.75) is 18.2 Å². The third-order valence-electron chi connectivity index (χ3n) is 1.74. The molecule has 0 aromatic heterocycles. The molecule has 1 aliphatic heterocycles. The van der Waals surface area contributed by atoms with Gasteiger partial charge in [0.2, 0.25) is 0 Å². The minimum absolute atomic E-state index is 0.175. The standard InChI is InChI=1S/C5H10N4O2/c6-9-8-1-3-5(11)4(10)2-7-3/h3-5,7,10-11H,1-2H2/t3-,4+,5-/m0/s1. The van der Waals surface area contributed by atoms with Crippen LogP contribution in [0.2, 0.25) is 0 Å². The molecule has 0 spiro atoms. The van der Waals surface area contributed by atoms with E-state index >= 15 is 0 Å². The Morgan fingerprint density at radius 2 is 2.36 bits per heavy atom. The molecular weight excluding hydrogens is 148 g/mol. The lowest BCUT2D eigenvalue weighted by Gasteiger charge is -2.12. The van der Waals surface area contributed by atoms with E-state index in [1.807, 2.05) is 0 Å². The number of nitrogens with one attached hydrogen (secondary N) is 1. The highest BCUT2D eigenvalue weighted by Crippen LogP contribution is 2.07. The maximum absolute atomic E-state index is 9.19. The van der Waals surface area contributed by atoms with Crippen LogP contribution in [0.1, 0.15) is 0 Å². The van der Waals surface area contributed by atoms with Gasteiger partial charge in [-0.2, -0.15) is 0 Å². The van der Waals surface area contributed by atoms with Gasteiger partial charge in [-0.15, -0.1) is 0 Å². The van der Waals surface area contributed by atoms with Gasteiger partial charge < -0.3 is 15.5 Å². The van der Waals surface area contributed by atoms with Crippen LogP contribution in [-0.4, -0.2) is 41.6 Å². The lowest BCUT2D eigenvalue weighted by atomic mass is 10.1. The predicted molar refractivity (Wildman–Crippen MR) is 37.8 cm³/mol. The number of aliphatic hydroxyl groups excluding tert-OH is 2. The van der Waals surface area contributed by atoms with Crippen molar-refractivity contribution in [3.63, 3.8) is 0 Å². The summed E-state index contributed by atoms with van der Waals surface area (Å²) >= 11 is 0. The molecule has 0 bridgehead atoms. The Morgan fingerprint density at radius 3 is 2.82 bits per heavy atom. The first kappa shape index (κ1) is 8.29. The molecule has 0 aromatic rings. The van der Waals surface area contributed by atoms with Gasteiger partial charge in [-0.25, -0.2) is 0 Å². The number of nitrogens with zero attached hydrogens (tertiary/aromatic N) is 3. The van der Waals surface area contributed by atoms with E-state index in [0.29, 0.717) is 6.54 Å². The van der Waals surface area contributed by atoms with Crippen molar-refractivity contribution >= 4 is 0 Å². The molecule has 0 aliphatic carbocycles. The predicted octanol–water partition coefficient (Wildman–Crippen LogP) is -1.01. The first-order valence-corrected chi connectivity index (χ1v) is 3.36. The molecule has 1 aliphatic rings. The zero-order chi connectivity index (χ0) is 8.27. The van der Waals surface area contributed by atoms with E-state index in [1.165, 1.54) is 0 Å².